The predicted molar refractivity (Wildman–Crippen MR) is 87.3 cm³/mol. The first-order valence-corrected chi connectivity index (χ1v) is 9.10. The van der Waals surface area contributed by atoms with Gasteiger partial charge in [0, 0.05) is 25.1 Å². The van der Waals surface area contributed by atoms with E-state index in [0.717, 1.165) is 24.6 Å². The highest BCUT2D eigenvalue weighted by atomic mass is 32.2. The largest absolute Gasteiger partial charge is 0.379 e. The van der Waals surface area contributed by atoms with Gasteiger partial charge in [-0.25, -0.2) is 9.97 Å². The van der Waals surface area contributed by atoms with E-state index in [1.54, 1.807) is 6.20 Å². The molecule has 1 amide bonds. The molecule has 0 spiro atoms. The standard InChI is InChI=1S/C16H23N3O3S/c1-11-4-6-17-16(18-11)23-10-15(20)19-13-9-21-7-5-14(13)22-8-12-2-3-12/h4,6,12-14H,2-3,5,7-10H2,1H3,(H,19,20). The van der Waals surface area contributed by atoms with Crippen LogP contribution in [0.2, 0.25) is 0 Å². The number of amides is 1. The zero-order valence-electron chi connectivity index (χ0n) is 13.4. The van der Waals surface area contributed by atoms with Crippen molar-refractivity contribution in [2.24, 2.45) is 5.92 Å². The van der Waals surface area contributed by atoms with Crippen molar-refractivity contribution in [3.63, 3.8) is 0 Å². The fourth-order valence-corrected chi connectivity index (χ4v) is 3.16. The lowest BCUT2D eigenvalue weighted by Crippen LogP contribution is -2.51. The Balaban J connectivity index is 1.44. The summed E-state index contributed by atoms with van der Waals surface area (Å²) in [7, 11) is 0. The minimum absolute atomic E-state index is 0.0318. The van der Waals surface area contributed by atoms with Crippen molar-refractivity contribution in [2.75, 3.05) is 25.6 Å². The van der Waals surface area contributed by atoms with Gasteiger partial charge in [0.2, 0.25) is 5.91 Å². The van der Waals surface area contributed by atoms with E-state index in [1.165, 1.54) is 24.6 Å². The molecule has 2 aliphatic rings. The van der Waals surface area contributed by atoms with Gasteiger partial charge in [-0.1, -0.05) is 11.8 Å². The molecule has 1 saturated carbocycles. The number of hydrogen-bond donors (Lipinski definition) is 1. The van der Waals surface area contributed by atoms with Crippen LogP contribution in [-0.4, -0.2) is 53.6 Å². The molecule has 23 heavy (non-hydrogen) atoms. The molecule has 2 unspecified atom stereocenters. The highest BCUT2D eigenvalue weighted by Gasteiger charge is 2.30. The molecule has 0 aromatic carbocycles. The number of aromatic nitrogens is 2. The van der Waals surface area contributed by atoms with Gasteiger partial charge in [-0.3, -0.25) is 4.79 Å². The Hall–Kier alpha value is -1.18. The molecule has 0 bridgehead atoms. The summed E-state index contributed by atoms with van der Waals surface area (Å²) in [5.74, 6) is 0.994. The number of nitrogens with one attached hydrogen (secondary N) is 1. The van der Waals surface area contributed by atoms with Crippen molar-refractivity contribution in [1.29, 1.82) is 0 Å². The van der Waals surface area contributed by atoms with Gasteiger partial charge in [0.1, 0.15) is 0 Å². The van der Waals surface area contributed by atoms with Gasteiger partial charge >= 0.3 is 0 Å². The summed E-state index contributed by atoms with van der Waals surface area (Å²) in [5.41, 5.74) is 0.900. The number of carbonyl (C=O) groups excluding carboxylic acids is 1. The molecule has 126 valence electrons. The van der Waals surface area contributed by atoms with E-state index in [-0.39, 0.29) is 18.1 Å². The Kier molecular flexibility index (Phi) is 5.85. The van der Waals surface area contributed by atoms with E-state index in [2.05, 4.69) is 15.3 Å². The summed E-state index contributed by atoms with van der Waals surface area (Å²) < 4.78 is 11.5. The molecule has 1 N–H and O–H groups in total. The Morgan fingerprint density at radius 2 is 2.35 bits per heavy atom. The molecular weight excluding hydrogens is 314 g/mol. The maximum absolute atomic E-state index is 12.2. The zero-order valence-corrected chi connectivity index (χ0v) is 14.2. The van der Waals surface area contributed by atoms with Crippen molar-refractivity contribution >= 4 is 17.7 Å². The summed E-state index contributed by atoms with van der Waals surface area (Å²) in [6.07, 6.45) is 5.15. The highest BCUT2D eigenvalue weighted by molar-refractivity contribution is 7.99. The Morgan fingerprint density at radius 3 is 3.13 bits per heavy atom. The first kappa shape index (κ1) is 16.7. The molecule has 2 atom stereocenters. The van der Waals surface area contributed by atoms with E-state index >= 15 is 0 Å². The van der Waals surface area contributed by atoms with Crippen molar-refractivity contribution in [2.45, 2.75) is 43.5 Å². The van der Waals surface area contributed by atoms with Crippen LogP contribution in [0.15, 0.2) is 17.4 Å². The Labute approximate surface area is 140 Å². The molecule has 1 aliphatic carbocycles. The highest BCUT2D eigenvalue weighted by Crippen LogP contribution is 2.30. The van der Waals surface area contributed by atoms with Gasteiger partial charge in [-0.05, 0) is 38.2 Å². The number of thioether (sulfide) groups is 1. The lowest BCUT2D eigenvalue weighted by atomic mass is 10.1. The van der Waals surface area contributed by atoms with Crippen molar-refractivity contribution in [3.05, 3.63) is 18.0 Å². The smallest absolute Gasteiger partial charge is 0.230 e. The number of ether oxygens (including phenoxy) is 2. The number of carbonyl (C=O) groups is 1. The number of hydrogen-bond acceptors (Lipinski definition) is 6. The van der Waals surface area contributed by atoms with Crippen LogP contribution in [0, 0.1) is 12.8 Å². The van der Waals surface area contributed by atoms with Crippen LogP contribution < -0.4 is 5.32 Å². The van der Waals surface area contributed by atoms with Crippen LogP contribution in [0.25, 0.3) is 0 Å². The lowest BCUT2D eigenvalue weighted by molar-refractivity contribution is -0.123. The van der Waals surface area contributed by atoms with Crippen LogP contribution >= 0.6 is 11.8 Å². The van der Waals surface area contributed by atoms with Crippen LogP contribution in [0.3, 0.4) is 0 Å². The van der Waals surface area contributed by atoms with Gasteiger partial charge in [0.15, 0.2) is 5.16 Å². The molecule has 1 aromatic heterocycles. The van der Waals surface area contributed by atoms with Crippen LogP contribution in [0.1, 0.15) is 25.0 Å². The number of rotatable bonds is 7. The van der Waals surface area contributed by atoms with Gasteiger partial charge in [0.25, 0.3) is 0 Å². The van der Waals surface area contributed by atoms with E-state index in [9.17, 15) is 4.79 Å². The monoisotopic (exact) mass is 337 g/mol. The number of nitrogens with zero attached hydrogens (tertiary/aromatic N) is 2. The predicted octanol–water partition coefficient (Wildman–Crippen LogP) is 1.58. The third kappa shape index (κ3) is 5.44. The maximum atomic E-state index is 12.2. The molecule has 1 saturated heterocycles. The van der Waals surface area contributed by atoms with Crippen molar-refractivity contribution in [1.82, 2.24) is 15.3 Å². The first-order chi connectivity index (χ1) is 11.2. The van der Waals surface area contributed by atoms with Crippen LogP contribution in [0.4, 0.5) is 0 Å². The third-order valence-electron chi connectivity index (χ3n) is 3.99. The van der Waals surface area contributed by atoms with E-state index < -0.39 is 0 Å². The fraction of sp³-hybridized carbons (Fsp3) is 0.688. The minimum Gasteiger partial charge on any atom is -0.379 e. The van der Waals surface area contributed by atoms with Gasteiger partial charge in [-0.15, -0.1) is 0 Å². The quantitative estimate of drug-likeness (QED) is 0.601. The van der Waals surface area contributed by atoms with E-state index in [0.29, 0.717) is 24.1 Å². The Bertz CT molecular complexity index is 539. The first-order valence-electron chi connectivity index (χ1n) is 8.12. The van der Waals surface area contributed by atoms with Gasteiger partial charge in [-0.2, -0.15) is 0 Å². The second kappa shape index (κ2) is 8.08. The van der Waals surface area contributed by atoms with E-state index in [4.69, 9.17) is 9.47 Å². The van der Waals surface area contributed by atoms with Gasteiger partial charge in [0.05, 0.1) is 24.5 Å². The molecule has 2 heterocycles. The maximum Gasteiger partial charge on any atom is 0.230 e. The second-order valence-corrected chi connectivity index (χ2v) is 7.06. The summed E-state index contributed by atoms with van der Waals surface area (Å²) in [4.78, 5) is 20.6. The van der Waals surface area contributed by atoms with Crippen molar-refractivity contribution in [3.8, 4) is 0 Å². The summed E-state index contributed by atoms with van der Waals surface area (Å²) in [6.45, 7) is 3.94. The summed E-state index contributed by atoms with van der Waals surface area (Å²) in [6, 6.07) is 1.78. The minimum atomic E-state index is -0.0611. The topological polar surface area (TPSA) is 73.3 Å². The summed E-state index contributed by atoms with van der Waals surface area (Å²) >= 11 is 1.34. The molecular formula is C16H23N3O3S. The number of aryl methyl sites for hydroxylation is 1. The summed E-state index contributed by atoms with van der Waals surface area (Å²) in [5, 5.41) is 3.66. The molecule has 2 fully saturated rings. The lowest BCUT2D eigenvalue weighted by Gasteiger charge is -2.32. The second-order valence-electron chi connectivity index (χ2n) is 6.12. The molecule has 1 aliphatic heterocycles. The fourth-order valence-electron chi connectivity index (χ4n) is 2.47. The molecule has 7 heteroatoms. The van der Waals surface area contributed by atoms with Crippen molar-refractivity contribution < 1.29 is 14.3 Å². The average Bonchev–Trinajstić information content (AvgIpc) is 3.37. The molecule has 0 radical (unpaired) electrons. The zero-order chi connectivity index (χ0) is 16.1. The van der Waals surface area contributed by atoms with E-state index in [1.807, 2.05) is 13.0 Å². The Morgan fingerprint density at radius 1 is 1.48 bits per heavy atom. The molecule has 3 rings (SSSR count). The van der Waals surface area contributed by atoms with Crippen LogP contribution in [-0.2, 0) is 14.3 Å². The SMILES string of the molecule is Cc1ccnc(SCC(=O)NC2COCCC2OCC2CC2)n1. The molecule has 6 nitrogen and oxygen atoms in total. The molecule has 1 aromatic rings. The van der Waals surface area contributed by atoms with Crippen LogP contribution in [0.5, 0.6) is 0 Å². The van der Waals surface area contributed by atoms with Gasteiger partial charge < -0.3 is 14.8 Å². The normalized spacial score (nSPS) is 24.4. The average molecular weight is 337 g/mol. The third-order valence-corrected chi connectivity index (χ3v) is 4.85.